The van der Waals surface area contributed by atoms with E-state index in [4.69, 9.17) is 16.7 Å². The van der Waals surface area contributed by atoms with Gasteiger partial charge in [0.05, 0.1) is 6.67 Å². The summed E-state index contributed by atoms with van der Waals surface area (Å²) in [6.07, 6.45) is 5.64. The van der Waals surface area contributed by atoms with Gasteiger partial charge in [0, 0.05) is 19.0 Å². The van der Waals surface area contributed by atoms with E-state index < -0.39 is 5.97 Å². The van der Waals surface area contributed by atoms with Crippen molar-refractivity contribution in [3.8, 4) is 0 Å². The lowest BCUT2D eigenvalue weighted by Crippen LogP contribution is -2.41. The van der Waals surface area contributed by atoms with Crippen LogP contribution < -0.4 is 5.32 Å². The zero-order valence-corrected chi connectivity index (χ0v) is 14.4. The number of unbranched alkanes of at least 4 members (excludes halogenated alkanes) is 2. The molecule has 0 spiro atoms. The summed E-state index contributed by atoms with van der Waals surface area (Å²) >= 11 is 5.61. The van der Waals surface area contributed by atoms with Gasteiger partial charge in [0.15, 0.2) is 0 Å². The average molecular weight is 321 g/mol. The van der Waals surface area contributed by atoms with Gasteiger partial charge in [0.25, 0.3) is 5.91 Å². The second-order valence-corrected chi connectivity index (χ2v) is 4.69. The number of carbonyl (C=O) groups excluding carboxylic acids is 1. The van der Waals surface area contributed by atoms with Gasteiger partial charge in [-0.25, -0.2) is 0 Å². The molecule has 1 aliphatic heterocycles. The molecule has 21 heavy (non-hydrogen) atoms. The first-order valence-electron chi connectivity index (χ1n) is 7.63. The molecule has 0 bridgehead atoms. The molecule has 5 nitrogen and oxygen atoms in total. The molecule has 0 saturated heterocycles. The van der Waals surface area contributed by atoms with E-state index >= 15 is 0 Å². The summed E-state index contributed by atoms with van der Waals surface area (Å²) in [5.74, 6) is -0.686. The molecule has 0 aromatic heterocycles. The van der Waals surface area contributed by atoms with E-state index in [1.54, 1.807) is 4.90 Å². The highest BCUT2D eigenvalue weighted by Crippen LogP contribution is 2.06. The molecular formula is C15H29ClN2O3. The number of nitrogens with one attached hydrogen (secondary N) is 1. The van der Waals surface area contributed by atoms with E-state index in [1.807, 2.05) is 20.8 Å². The first-order valence-corrected chi connectivity index (χ1v) is 8.00. The molecule has 1 amide bonds. The lowest BCUT2D eigenvalue weighted by atomic mass is 10.3. The van der Waals surface area contributed by atoms with Crippen LogP contribution in [-0.4, -0.2) is 35.1 Å². The van der Waals surface area contributed by atoms with Crippen molar-refractivity contribution in [1.82, 2.24) is 10.2 Å². The quantitative estimate of drug-likeness (QED) is 0.734. The zero-order valence-electron chi connectivity index (χ0n) is 13.6. The summed E-state index contributed by atoms with van der Waals surface area (Å²) < 4.78 is 0. The number of carboxylic acid groups (broad SMARTS) is 1. The van der Waals surface area contributed by atoms with Crippen molar-refractivity contribution in [1.29, 1.82) is 0 Å². The van der Waals surface area contributed by atoms with Crippen molar-refractivity contribution < 1.29 is 14.7 Å². The molecule has 0 fully saturated rings. The highest BCUT2D eigenvalue weighted by Gasteiger charge is 2.15. The largest absolute Gasteiger partial charge is 0.481 e. The Balaban J connectivity index is 0. The summed E-state index contributed by atoms with van der Waals surface area (Å²) in [6, 6.07) is 0. The Morgan fingerprint density at radius 1 is 1.33 bits per heavy atom. The van der Waals surface area contributed by atoms with Gasteiger partial charge in [-0.1, -0.05) is 52.1 Å². The fourth-order valence-corrected chi connectivity index (χ4v) is 1.52. The summed E-state index contributed by atoms with van der Waals surface area (Å²) in [6.45, 7) is 9.42. The average Bonchev–Trinajstić information content (AvgIpc) is 2.47. The van der Waals surface area contributed by atoms with Crippen molar-refractivity contribution in [2.24, 2.45) is 0 Å². The first-order chi connectivity index (χ1) is 10.0. The van der Waals surface area contributed by atoms with Crippen molar-refractivity contribution in [3.63, 3.8) is 0 Å². The zero-order chi connectivity index (χ0) is 16.7. The summed E-state index contributed by atoms with van der Waals surface area (Å²) in [5, 5.41) is 11.4. The molecule has 0 radical (unpaired) electrons. The molecule has 1 aliphatic rings. The van der Waals surface area contributed by atoms with Crippen molar-refractivity contribution in [2.75, 3.05) is 13.2 Å². The molecule has 6 heteroatoms. The highest BCUT2D eigenvalue weighted by atomic mass is 35.5. The van der Waals surface area contributed by atoms with Crippen LogP contribution in [0.5, 0.6) is 0 Å². The van der Waals surface area contributed by atoms with Crippen LogP contribution in [0, 0.1) is 0 Å². The third kappa shape index (κ3) is 13.5. The van der Waals surface area contributed by atoms with Gasteiger partial charge in [-0.15, -0.1) is 0 Å². The van der Waals surface area contributed by atoms with Gasteiger partial charge in [-0.2, -0.15) is 0 Å². The van der Waals surface area contributed by atoms with Gasteiger partial charge in [0.2, 0.25) is 0 Å². The molecule has 0 saturated carbocycles. The van der Waals surface area contributed by atoms with Crippen LogP contribution in [-0.2, 0) is 9.59 Å². The van der Waals surface area contributed by atoms with E-state index in [-0.39, 0.29) is 5.91 Å². The normalized spacial score (nSPS) is 13.1. The molecule has 0 unspecified atom stereocenters. The molecule has 0 aromatic carbocycles. The smallest absolute Gasteiger partial charge is 0.303 e. The summed E-state index contributed by atoms with van der Waals surface area (Å²) in [4.78, 5) is 22.7. The number of nitrogens with zero attached hydrogens (tertiary/aromatic N) is 1. The number of carbonyl (C=O) groups is 2. The van der Waals surface area contributed by atoms with E-state index in [1.165, 1.54) is 6.08 Å². The second-order valence-electron chi connectivity index (χ2n) is 4.28. The summed E-state index contributed by atoms with van der Waals surface area (Å²) in [7, 11) is 0. The predicted octanol–water partition coefficient (Wildman–Crippen LogP) is 3.54. The minimum Gasteiger partial charge on any atom is -0.481 e. The van der Waals surface area contributed by atoms with Gasteiger partial charge in [0.1, 0.15) is 5.16 Å². The predicted molar refractivity (Wildman–Crippen MR) is 87.1 cm³/mol. The van der Waals surface area contributed by atoms with E-state index in [2.05, 4.69) is 12.2 Å². The number of hydrogen-bond acceptors (Lipinski definition) is 3. The maximum atomic E-state index is 11.2. The van der Waals surface area contributed by atoms with Gasteiger partial charge in [-0.05, 0) is 12.8 Å². The Morgan fingerprint density at radius 3 is 2.29 bits per heavy atom. The lowest BCUT2D eigenvalue weighted by molar-refractivity contribution is -0.137. The van der Waals surface area contributed by atoms with E-state index in [0.717, 1.165) is 32.2 Å². The van der Waals surface area contributed by atoms with Crippen LogP contribution in [0.15, 0.2) is 11.2 Å². The number of aliphatic carboxylic acids is 1. The number of amides is 1. The third-order valence-corrected chi connectivity index (χ3v) is 2.77. The van der Waals surface area contributed by atoms with Gasteiger partial charge in [-0.3, -0.25) is 9.59 Å². The van der Waals surface area contributed by atoms with E-state index in [9.17, 15) is 9.59 Å². The number of rotatable bonds is 6. The van der Waals surface area contributed by atoms with Crippen LogP contribution in [0.1, 0.15) is 59.8 Å². The van der Waals surface area contributed by atoms with Crippen LogP contribution in [0.25, 0.3) is 0 Å². The maximum Gasteiger partial charge on any atom is 0.303 e. The Hall–Kier alpha value is -1.23. The second kappa shape index (κ2) is 15.2. The summed E-state index contributed by atoms with van der Waals surface area (Å²) in [5.41, 5.74) is 0. The van der Waals surface area contributed by atoms with Crippen molar-refractivity contribution in [2.45, 2.75) is 59.8 Å². The standard InChI is InChI=1S/C8H13ClN2O.C5H10O2.C2H6/c1-2-3-4-11-6-10-7(9)5-8(11)12;1-2-3-4-5(6)7;1-2/h5,10H,2-4,6H2,1H3;2-4H2,1H3,(H,6,7);1-2H3. The fourth-order valence-electron chi connectivity index (χ4n) is 1.37. The fraction of sp³-hybridized carbons (Fsp3) is 0.733. The Morgan fingerprint density at radius 2 is 1.90 bits per heavy atom. The Labute approximate surface area is 133 Å². The SMILES string of the molecule is CC.CCCCC(=O)O.CCCCN1CNC(Cl)=CC1=O. The Bertz CT molecular complexity index is 320. The van der Waals surface area contributed by atoms with Crippen LogP contribution in [0.3, 0.4) is 0 Å². The molecule has 0 aliphatic carbocycles. The molecule has 0 atom stereocenters. The van der Waals surface area contributed by atoms with Crippen molar-refractivity contribution in [3.05, 3.63) is 11.2 Å². The molecule has 1 heterocycles. The number of hydrogen-bond donors (Lipinski definition) is 2. The Kier molecular flexibility index (Phi) is 15.9. The highest BCUT2D eigenvalue weighted by molar-refractivity contribution is 6.30. The van der Waals surface area contributed by atoms with Crippen LogP contribution in [0.2, 0.25) is 0 Å². The third-order valence-electron chi connectivity index (χ3n) is 2.53. The number of carboxylic acids is 1. The van der Waals surface area contributed by atoms with Crippen LogP contribution >= 0.6 is 11.6 Å². The lowest BCUT2D eigenvalue weighted by Gasteiger charge is -2.25. The van der Waals surface area contributed by atoms with Crippen molar-refractivity contribution >= 4 is 23.5 Å². The molecule has 0 aromatic rings. The van der Waals surface area contributed by atoms with Gasteiger partial charge < -0.3 is 15.3 Å². The molecular weight excluding hydrogens is 292 g/mol. The monoisotopic (exact) mass is 320 g/mol. The minimum atomic E-state index is -0.693. The topological polar surface area (TPSA) is 69.6 Å². The molecule has 2 N–H and O–H groups in total. The molecule has 1 rings (SSSR count). The first kappa shape index (κ1) is 22.1. The maximum absolute atomic E-state index is 11.2. The minimum absolute atomic E-state index is 0.00667. The van der Waals surface area contributed by atoms with E-state index in [0.29, 0.717) is 18.2 Å². The van der Waals surface area contributed by atoms with Crippen LogP contribution in [0.4, 0.5) is 0 Å². The number of halogens is 1. The van der Waals surface area contributed by atoms with Gasteiger partial charge >= 0.3 is 5.97 Å². The molecule has 124 valence electrons.